The van der Waals surface area contributed by atoms with Crippen molar-refractivity contribution in [3.8, 4) is 22.6 Å². The van der Waals surface area contributed by atoms with Crippen LogP contribution >= 0.6 is 11.3 Å². The molecule has 0 unspecified atom stereocenters. The fraction of sp³-hybridized carbons (Fsp3) is 0.171. The van der Waals surface area contributed by atoms with Gasteiger partial charge in [0, 0.05) is 60.5 Å². The molecule has 46 heavy (non-hydrogen) atoms. The van der Waals surface area contributed by atoms with Gasteiger partial charge in [-0.15, -0.1) is 11.3 Å². The Morgan fingerprint density at radius 3 is 2.61 bits per heavy atom. The first kappa shape index (κ1) is 30.6. The fourth-order valence-electron chi connectivity index (χ4n) is 5.16. The van der Waals surface area contributed by atoms with Crippen molar-refractivity contribution < 1.29 is 14.3 Å². The lowest BCUT2D eigenvalue weighted by Gasteiger charge is -2.20. The molecule has 6 rings (SSSR count). The van der Waals surface area contributed by atoms with Gasteiger partial charge in [-0.25, -0.2) is 15.0 Å². The molecule has 3 aromatic carbocycles. The van der Waals surface area contributed by atoms with Crippen LogP contribution in [-0.4, -0.2) is 62.9 Å². The summed E-state index contributed by atoms with van der Waals surface area (Å²) in [6.45, 7) is 3.52. The molecule has 0 spiro atoms. The van der Waals surface area contributed by atoms with Gasteiger partial charge in [0.15, 0.2) is 4.96 Å². The third-order valence-corrected chi connectivity index (χ3v) is 8.14. The minimum absolute atomic E-state index is 0.0693. The zero-order chi connectivity index (χ0) is 31.9. The molecule has 0 aliphatic carbocycles. The summed E-state index contributed by atoms with van der Waals surface area (Å²) in [6, 6.07) is 26.5. The molecule has 11 heteroatoms. The number of benzene rings is 3. The lowest BCUT2D eigenvalue weighted by atomic mass is 10.1. The predicted octanol–water partition coefficient (Wildman–Crippen LogP) is 6.55. The lowest BCUT2D eigenvalue weighted by molar-refractivity contribution is -0.115. The average Bonchev–Trinajstić information content (AvgIpc) is 3.68. The van der Waals surface area contributed by atoms with E-state index in [1.807, 2.05) is 95.7 Å². The number of fused-ring (bicyclic) bond motifs is 1. The Balaban J connectivity index is 1.26. The third-order valence-electron chi connectivity index (χ3n) is 7.39. The van der Waals surface area contributed by atoms with Gasteiger partial charge in [-0.3, -0.25) is 14.0 Å². The predicted molar refractivity (Wildman–Crippen MR) is 181 cm³/mol. The van der Waals surface area contributed by atoms with Crippen molar-refractivity contribution >= 4 is 45.4 Å². The van der Waals surface area contributed by atoms with Crippen LogP contribution in [0.1, 0.15) is 22.8 Å². The number of hydrogen-bond donors (Lipinski definition) is 2. The van der Waals surface area contributed by atoms with Crippen molar-refractivity contribution in [2.24, 2.45) is 0 Å². The monoisotopic (exact) mass is 631 g/mol. The van der Waals surface area contributed by atoms with E-state index in [1.54, 1.807) is 30.3 Å². The highest BCUT2D eigenvalue weighted by Gasteiger charge is 2.20. The molecule has 2 N–H and O–H groups in total. The highest BCUT2D eigenvalue weighted by atomic mass is 32.1. The molecular formula is C35H33N7O3S. The van der Waals surface area contributed by atoms with Gasteiger partial charge >= 0.3 is 0 Å². The number of hydrogen-bond acceptors (Lipinski definition) is 8. The van der Waals surface area contributed by atoms with Gasteiger partial charge in [0.2, 0.25) is 11.9 Å². The molecular weight excluding hydrogens is 598 g/mol. The van der Waals surface area contributed by atoms with Crippen molar-refractivity contribution in [3.05, 3.63) is 114 Å². The maximum atomic E-state index is 13.1. The van der Waals surface area contributed by atoms with E-state index in [0.29, 0.717) is 48.3 Å². The molecule has 0 aliphatic heterocycles. The van der Waals surface area contributed by atoms with E-state index in [0.717, 1.165) is 27.5 Å². The number of ether oxygens (including phenoxy) is 1. The molecule has 0 aliphatic rings. The van der Waals surface area contributed by atoms with Crippen LogP contribution in [0.4, 0.5) is 17.3 Å². The Morgan fingerprint density at radius 1 is 0.957 bits per heavy atom. The van der Waals surface area contributed by atoms with Gasteiger partial charge in [0.05, 0.1) is 24.4 Å². The second-order valence-corrected chi connectivity index (χ2v) is 11.4. The van der Waals surface area contributed by atoms with Gasteiger partial charge in [-0.05, 0) is 48.9 Å². The largest absolute Gasteiger partial charge is 0.383 e. The number of anilines is 3. The Labute approximate surface area is 270 Å². The van der Waals surface area contributed by atoms with Crippen LogP contribution in [-0.2, 0) is 16.0 Å². The van der Waals surface area contributed by atoms with E-state index in [9.17, 15) is 9.59 Å². The highest BCUT2D eigenvalue weighted by molar-refractivity contribution is 7.15. The second kappa shape index (κ2) is 14.1. The number of nitrogens with one attached hydrogen (secondary N) is 2. The van der Waals surface area contributed by atoms with E-state index >= 15 is 0 Å². The topological polar surface area (TPSA) is 114 Å². The van der Waals surface area contributed by atoms with Crippen LogP contribution in [0.15, 0.2) is 103 Å². The van der Waals surface area contributed by atoms with E-state index in [1.165, 1.54) is 11.3 Å². The molecule has 0 radical (unpaired) electrons. The summed E-state index contributed by atoms with van der Waals surface area (Å²) in [5.74, 6) is 0.219. The van der Waals surface area contributed by atoms with Crippen LogP contribution in [0.3, 0.4) is 0 Å². The number of rotatable bonds is 12. The number of aromatic nitrogens is 4. The fourth-order valence-corrected chi connectivity index (χ4v) is 5.87. The quantitative estimate of drug-likeness (QED) is 0.157. The zero-order valence-electron chi connectivity index (χ0n) is 25.5. The molecule has 0 saturated carbocycles. The molecule has 10 nitrogen and oxygen atoms in total. The molecule has 0 bridgehead atoms. The minimum Gasteiger partial charge on any atom is -0.383 e. The number of carbonyl (C=O) groups excluding carboxylic acids is 2. The third kappa shape index (κ3) is 6.96. The van der Waals surface area contributed by atoms with Crippen molar-refractivity contribution in [2.45, 2.75) is 13.3 Å². The molecule has 0 atom stereocenters. The van der Waals surface area contributed by atoms with Crippen molar-refractivity contribution in [2.75, 3.05) is 37.4 Å². The number of thiazole rings is 1. The van der Waals surface area contributed by atoms with Gasteiger partial charge < -0.3 is 20.3 Å². The van der Waals surface area contributed by atoms with E-state index in [2.05, 4.69) is 15.6 Å². The summed E-state index contributed by atoms with van der Waals surface area (Å²) in [6.07, 6.45) is 3.94. The summed E-state index contributed by atoms with van der Waals surface area (Å²) >= 11 is 1.53. The standard InChI is InChI=1S/C35H33N7O3S/c1-3-41(17-19-45-2)33(44)26-12-8-14-28(23-26)38-34-36-16-15-29(39-34)32-31(40-35-42(32)18-20-46-35)25-11-7-13-27(22-25)37-30(43)21-24-9-5-4-6-10-24/h4-16,18,20,22-23H,3,17,19,21H2,1-2H3,(H,37,43)(H,36,38,39). The van der Waals surface area contributed by atoms with E-state index < -0.39 is 0 Å². The van der Waals surface area contributed by atoms with E-state index in [-0.39, 0.29) is 18.2 Å². The molecule has 6 aromatic rings. The molecule has 3 aromatic heterocycles. The molecule has 0 fully saturated rings. The van der Waals surface area contributed by atoms with Crippen molar-refractivity contribution in [1.82, 2.24) is 24.3 Å². The number of imidazole rings is 1. The first-order valence-electron chi connectivity index (χ1n) is 14.9. The van der Waals surface area contributed by atoms with E-state index in [4.69, 9.17) is 14.7 Å². The summed E-state index contributed by atoms with van der Waals surface area (Å²) in [5, 5.41) is 8.26. The summed E-state index contributed by atoms with van der Waals surface area (Å²) in [4.78, 5) is 42.7. The normalized spacial score (nSPS) is 11.0. The molecule has 3 heterocycles. The van der Waals surface area contributed by atoms with Gasteiger partial charge in [0.1, 0.15) is 5.69 Å². The van der Waals surface area contributed by atoms with Crippen LogP contribution in [0.2, 0.25) is 0 Å². The molecule has 0 saturated heterocycles. The number of amides is 2. The van der Waals surface area contributed by atoms with Crippen molar-refractivity contribution in [3.63, 3.8) is 0 Å². The maximum absolute atomic E-state index is 13.1. The Hall–Kier alpha value is -5.39. The summed E-state index contributed by atoms with van der Waals surface area (Å²) < 4.78 is 7.16. The average molecular weight is 632 g/mol. The Kier molecular flexibility index (Phi) is 9.42. The SMILES string of the molecule is CCN(CCOC)C(=O)c1cccc(Nc2nccc(-c3c(-c4cccc(NC(=O)Cc5ccccc5)c4)nc4sccn34)n2)c1. The van der Waals surface area contributed by atoms with Crippen LogP contribution in [0.25, 0.3) is 27.6 Å². The molecule has 232 valence electrons. The number of nitrogens with zero attached hydrogens (tertiary/aromatic N) is 5. The molecule has 2 amide bonds. The zero-order valence-corrected chi connectivity index (χ0v) is 26.3. The first-order valence-corrected chi connectivity index (χ1v) is 15.8. The summed E-state index contributed by atoms with van der Waals surface area (Å²) in [7, 11) is 1.62. The Bertz CT molecular complexity index is 1970. The highest BCUT2D eigenvalue weighted by Crippen LogP contribution is 2.35. The Morgan fingerprint density at radius 2 is 1.78 bits per heavy atom. The van der Waals surface area contributed by atoms with Crippen LogP contribution in [0.5, 0.6) is 0 Å². The smallest absolute Gasteiger partial charge is 0.253 e. The van der Waals surface area contributed by atoms with Crippen molar-refractivity contribution in [1.29, 1.82) is 0 Å². The van der Waals surface area contributed by atoms with Crippen LogP contribution < -0.4 is 10.6 Å². The second-order valence-electron chi connectivity index (χ2n) is 10.5. The lowest BCUT2D eigenvalue weighted by Crippen LogP contribution is -2.33. The van der Waals surface area contributed by atoms with Gasteiger partial charge in [-0.2, -0.15) is 0 Å². The minimum atomic E-state index is -0.0935. The van der Waals surface area contributed by atoms with Gasteiger partial charge in [0.25, 0.3) is 5.91 Å². The first-order chi connectivity index (χ1) is 22.5. The van der Waals surface area contributed by atoms with Gasteiger partial charge in [-0.1, -0.05) is 48.5 Å². The number of carbonyl (C=O) groups is 2. The number of likely N-dealkylation sites (N-methyl/N-ethyl adjacent to an activating group) is 1. The number of methoxy groups -OCH3 is 1. The van der Waals surface area contributed by atoms with Crippen LogP contribution in [0, 0.1) is 0 Å². The summed E-state index contributed by atoms with van der Waals surface area (Å²) in [5.41, 5.74) is 5.94. The maximum Gasteiger partial charge on any atom is 0.253 e.